The van der Waals surface area contributed by atoms with E-state index in [4.69, 9.17) is 4.74 Å². The van der Waals surface area contributed by atoms with Gasteiger partial charge in [0.25, 0.3) is 0 Å². The maximum atomic E-state index is 11.4. The van der Waals surface area contributed by atoms with Gasteiger partial charge in [-0.15, -0.1) is 0 Å². The van der Waals surface area contributed by atoms with E-state index in [0.29, 0.717) is 6.61 Å². The fraction of sp³-hybridized carbons (Fsp3) is 0.333. The van der Waals surface area contributed by atoms with E-state index in [9.17, 15) is 9.90 Å². The number of carboxylic acid groups (broad SMARTS) is 1. The molecule has 0 unspecified atom stereocenters. The average Bonchev–Trinajstić information content (AvgIpc) is 2.98. The number of carbonyl (C=O) groups is 1. The van der Waals surface area contributed by atoms with Gasteiger partial charge < -0.3 is 15.2 Å². The molecule has 0 amide bonds. The summed E-state index contributed by atoms with van der Waals surface area (Å²) < 4.78 is 6.41. The Labute approximate surface area is 243 Å². The van der Waals surface area contributed by atoms with Gasteiger partial charge in [-0.3, -0.25) is 4.98 Å². The van der Waals surface area contributed by atoms with Gasteiger partial charge in [0.05, 0.1) is 12.2 Å². The number of nitrogens with one attached hydrogen (secondary N) is 1. The minimum Gasteiger partial charge on any atom is -0.493 e. The van der Waals surface area contributed by atoms with E-state index in [2.05, 4.69) is 74.4 Å². The van der Waals surface area contributed by atoms with Crippen LogP contribution in [0, 0.1) is 0 Å². The van der Waals surface area contributed by atoms with Gasteiger partial charge >= 0.3 is 5.97 Å². The molecule has 1 heterocycles. The highest BCUT2D eigenvalue weighted by Gasteiger charge is 2.37. The zero-order valence-electron chi connectivity index (χ0n) is 24.5. The van der Waals surface area contributed by atoms with Crippen molar-refractivity contribution in [3.63, 3.8) is 0 Å². The normalized spacial score (nSPS) is 15.1. The Hall–Kier alpha value is -4.12. The van der Waals surface area contributed by atoms with Crippen LogP contribution in [0.15, 0.2) is 85.2 Å². The van der Waals surface area contributed by atoms with E-state index in [-0.39, 0.29) is 16.4 Å². The van der Waals surface area contributed by atoms with Gasteiger partial charge in [0.15, 0.2) is 0 Å². The van der Waals surface area contributed by atoms with Crippen molar-refractivity contribution >= 4 is 11.7 Å². The van der Waals surface area contributed by atoms with Crippen molar-refractivity contribution in [2.45, 2.75) is 64.2 Å². The number of hydrogen-bond acceptors (Lipinski definition) is 4. The van der Waals surface area contributed by atoms with E-state index >= 15 is 0 Å². The molecule has 1 aliphatic carbocycles. The highest BCUT2D eigenvalue weighted by atomic mass is 16.5. The Balaban J connectivity index is 1.41. The molecule has 0 fully saturated rings. The van der Waals surface area contributed by atoms with E-state index in [1.807, 2.05) is 24.3 Å². The SMILES string of the molecule is CC1(C)CCC(C)(C)c2cc(-c3cc(-c4ccc(C(=O)O)cc4)ccc3OCCCCNc3ccncc3)ccc21. The van der Waals surface area contributed by atoms with Crippen molar-refractivity contribution < 1.29 is 14.6 Å². The van der Waals surface area contributed by atoms with Crippen LogP contribution in [-0.2, 0) is 10.8 Å². The second kappa shape index (κ2) is 11.8. The molecule has 0 radical (unpaired) electrons. The summed E-state index contributed by atoms with van der Waals surface area (Å²) in [6, 6.07) is 24.2. The number of benzene rings is 3. The standard InChI is InChI=1S/C36H40N2O3/c1-35(2)17-18-36(3,4)32-24-28(11-13-31(32)35)30-23-27(25-7-9-26(10-8-25)34(39)40)12-14-33(30)41-22-6-5-19-38-29-15-20-37-21-16-29/h7-16,20-21,23-24H,5-6,17-19,22H2,1-4H3,(H,37,38)(H,39,40). The van der Waals surface area contributed by atoms with Gasteiger partial charge in [-0.2, -0.15) is 0 Å². The lowest BCUT2D eigenvalue weighted by Crippen LogP contribution is -2.33. The lowest BCUT2D eigenvalue weighted by Gasteiger charge is -2.42. The minimum absolute atomic E-state index is 0.105. The van der Waals surface area contributed by atoms with Crippen LogP contribution in [-0.4, -0.2) is 29.2 Å². The maximum absolute atomic E-state index is 11.4. The summed E-state index contributed by atoms with van der Waals surface area (Å²) in [5.41, 5.74) is 8.68. The number of unbranched alkanes of at least 4 members (excludes halogenated alkanes) is 1. The first kappa shape index (κ1) is 28.4. The topological polar surface area (TPSA) is 71.5 Å². The monoisotopic (exact) mass is 548 g/mol. The van der Waals surface area contributed by atoms with E-state index < -0.39 is 5.97 Å². The molecule has 0 saturated carbocycles. The number of fused-ring (bicyclic) bond motifs is 1. The first-order chi connectivity index (χ1) is 19.6. The number of nitrogens with zero attached hydrogens (tertiary/aromatic N) is 1. The van der Waals surface area contributed by atoms with Crippen LogP contribution >= 0.6 is 0 Å². The third-order valence-corrected chi connectivity index (χ3v) is 8.45. The van der Waals surface area contributed by atoms with Crippen molar-refractivity contribution in [1.29, 1.82) is 0 Å². The summed E-state index contributed by atoms with van der Waals surface area (Å²) in [6.07, 6.45) is 7.84. The second-order valence-electron chi connectivity index (χ2n) is 12.3. The Morgan fingerprint density at radius 3 is 2.17 bits per heavy atom. The fourth-order valence-electron chi connectivity index (χ4n) is 5.73. The fourth-order valence-corrected chi connectivity index (χ4v) is 5.73. The van der Waals surface area contributed by atoms with Crippen LogP contribution in [0.25, 0.3) is 22.3 Å². The third kappa shape index (κ3) is 6.45. The van der Waals surface area contributed by atoms with Gasteiger partial charge in [-0.25, -0.2) is 4.79 Å². The predicted octanol–water partition coefficient (Wildman–Crippen LogP) is 8.73. The molecule has 0 aliphatic heterocycles. The zero-order chi connectivity index (χ0) is 29.0. The van der Waals surface area contributed by atoms with Crippen LogP contribution in [0.2, 0.25) is 0 Å². The molecular formula is C36H40N2O3. The number of hydrogen-bond donors (Lipinski definition) is 2. The molecule has 1 aliphatic rings. The molecule has 0 atom stereocenters. The van der Waals surface area contributed by atoms with E-state index in [1.165, 1.54) is 17.5 Å². The lowest BCUT2D eigenvalue weighted by atomic mass is 9.63. The second-order valence-corrected chi connectivity index (χ2v) is 12.3. The predicted molar refractivity (Wildman–Crippen MR) is 167 cm³/mol. The van der Waals surface area contributed by atoms with Crippen molar-refractivity contribution in [3.05, 3.63) is 102 Å². The van der Waals surface area contributed by atoms with Crippen LogP contribution in [0.4, 0.5) is 5.69 Å². The summed E-state index contributed by atoms with van der Waals surface area (Å²) in [4.78, 5) is 15.4. The number of ether oxygens (including phenoxy) is 1. The minimum atomic E-state index is -0.920. The van der Waals surface area contributed by atoms with E-state index in [0.717, 1.165) is 59.5 Å². The van der Waals surface area contributed by atoms with Gasteiger partial charge in [0, 0.05) is 30.2 Å². The van der Waals surface area contributed by atoms with Gasteiger partial charge in [-0.1, -0.05) is 64.1 Å². The quantitative estimate of drug-likeness (QED) is 0.194. The molecule has 1 aromatic heterocycles. The van der Waals surface area contributed by atoms with E-state index in [1.54, 1.807) is 24.5 Å². The largest absolute Gasteiger partial charge is 0.493 e. The first-order valence-corrected chi connectivity index (χ1v) is 14.5. The van der Waals surface area contributed by atoms with Crippen LogP contribution in [0.5, 0.6) is 5.75 Å². The molecule has 41 heavy (non-hydrogen) atoms. The van der Waals surface area contributed by atoms with Crippen molar-refractivity contribution in [3.8, 4) is 28.0 Å². The Bertz CT molecular complexity index is 1510. The zero-order valence-corrected chi connectivity index (χ0v) is 24.5. The molecule has 0 bridgehead atoms. The number of rotatable bonds is 10. The van der Waals surface area contributed by atoms with Gasteiger partial charge in [0.2, 0.25) is 0 Å². The number of aromatic carboxylic acids is 1. The number of carboxylic acids is 1. The molecule has 4 aromatic rings. The summed E-state index contributed by atoms with van der Waals surface area (Å²) in [6.45, 7) is 10.9. The molecule has 3 aromatic carbocycles. The molecule has 0 saturated heterocycles. The van der Waals surface area contributed by atoms with Crippen molar-refractivity contribution in [2.24, 2.45) is 0 Å². The third-order valence-electron chi connectivity index (χ3n) is 8.45. The smallest absolute Gasteiger partial charge is 0.335 e. The van der Waals surface area contributed by atoms with Gasteiger partial charge in [-0.05, 0) is 101 Å². The molecule has 5 rings (SSSR count). The molecule has 5 nitrogen and oxygen atoms in total. The summed E-state index contributed by atoms with van der Waals surface area (Å²) >= 11 is 0. The average molecular weight is 549 g/mol. The highest BCUT2D eigenvalue weighted by molar-refractivity contribution is 5.88. The summed E-state index contributed by atoms with van der Waals surface area (Å²) in [5.74, 6) is -0.0533. The lowest BCUT2D eigenvalue weighted by molar-refractivity contribution is 0.0697. The first-order valence-electron chi connectivity index (χ1n) is 14.5. The van der Waals surface area contributed by atoms with Crippen molar-refractivity contribution in [2.75, 3.05) is 18.5 Å². The highest BCUT2D eigenvalue weighted by Crippen LogP contribution is 2.47. The number of aromatic nitrogens is 1. The maximum Gasteiger partial charge on any atom is 0.335 e. The van der Waals surface area contributed by atoms with Crippen LogP contribution in [0.3, 0.4) is 0 Å². The molecule has 5 heteroatoms. The Morgan fingerprint density at radius 2 is 1.46 bits per heavy atom. The van der Waals surface area contributed by atoms with Crippen molar-refractivity contribution in [1.82, 2.24) is 4.98 Å². The van der Waals surface area contributed by atoms with Crippen LogP contribution in [0.1, 0.15) is 74.9 Å². The number of pyridine rings is 1. The summed E-state index contributed by atoms with van der Waals surface area (Å²) in [7, 11) is 0. The molecular weight excluding hydrogens is 508 g/mol. The molecule has 212 valence electrons. The summed E-state index contributed by atoms with van der Waals surface area (Å²) in [5, 5.41) is 12.8. The van der Waals surface area contributed by atoms with Gasteiger partial charge in [0.1, 0.15) is 5.75 Å². The van der Waals surface area contributed by atoms with Crippen LogP contribution < -0.4 is 10.1 Å². The Kier molecular flexibility index (Phi) is 8.16. The Morgan fingerprint density at radius 1 is 0.805 bits per heavy atom. The number of anilines is 1. The molecule has 0 spiro atoms. The molecule has 2 N–H and O–H groups in total.